The zero-order valence-electron chi connectivity index (χ0n) is 22.9. The van der Waals surface area contributed by atoms with Crippen molar-refractivity contribution in [1.82, 2.24) is 0 Å². The molecule has 0 heterocycles. The number of methoxy groups -OCH3 is 3. The average Bonchev–Trinajstić information content (AvgIpc) is 2.91. The molecular formula is C29H45N2O5+. The van der Waals surface area contributed by atoms with Gasteiger partial charge in [-0.3, -0.25) is 0 Å². The van der Waals surface area contributed by atoms with E-state index in [1.54, 1.807) is 21.3 Å². The molecule has 0 saturated carbocycles. The van der Waals surface area contributed by atoms with E-state index in [1.165, 1.54) is 38.5 Å². The van der Waals surface area contributed by atoms with E-state index in [1.807, 2.05) is 24.3 Å². The van der Waals surface area contributed by atoms with Gasteiger partial charge < -0.3 is 23.7 Å². The standard InChI is InChI=1S/C29H44N2O5/c1-6-8-10-12-14-16-35-26-18-22(28-24(33-4)20-23(32-3)21-25(28)34-5)19-27(29(26)31-30)36-17-15-13-11-9-7-2/h18-21,30H,6-17H2,1-5H3/p+1. The minimum atomic E-state index is 0.521. The van der Waals surface area contributed by atoms with Crippen molar-refractivity contribution >= 4 is 5.69 Å². The lowest BCUT2D eigenvalue weighted by molar-refractivity contribution is -0.210. The normalized spacial score (nSPS) is 10.7. The van der Waals surface area contributed by atoms with Crippen molar-refractivity contribution in [2.45, 2.75) is 78.1 Å². The average molecular weight is 502 g/mol. The van der Waals surface area contributed by atoms with Crippen molar-refractivity contribution in [3.63, 3.8) is 0 Å². The first-order valence-corrected chi connectivity index (χ1v) is 13.3. The number of rotatable bonds is 19. The van der Waals surface area contributed by atoms with Crippen LogP contribution in [0, 0.1) is 0 Å². The van der Waals surface area contributed by atoms with E-state index in [2.05, 4.69) is 19.0 Å². The molecule has 7 heteroatoms. The van der Waals surface area contributed by atoms with Crippen LogP contribution in [-0.4, -0.2) is 34.5 Å². The molecule has 0 atom stereocenters. The summed E-state index contributed by atoms with van der Waals surface area (Å²) in [5.41, 5.74) is 7.97. The molecule has 0 aliphatic rings. The van der Waals surface area contributed by atoms with Crippen LogP contribution in [0.25, 0.3) is 11.1 Å². The molecule has 0 aromatic heterocycles. The van der Waals surface area contributed by atoms with E-state index in [0.29, 0.717) is 47.6 Å². The molecule has 2 N–H and O–H groups in total. The highest BCUT2D eigenvalue weighted by Crippen LogP contribution is 2.47. The summed E-state index contributed by atoms with van der Waals surface area (Å²) in [6, 6.07) is 7.53. The van der Waals surface area contributed by atoms with Crippen LogP contribution in [0.3, 0.4) is 0 Å². The van der Waals surface area contributed by atoms with Crippen LogP contribution in [0.4, 0.5) is 5.69 Å². The lowest BCUT2D eigenvalue weighted by Crippen LogP contribution is -2.22. The predicted molar refractivity (Wildman–Crippen MR) is 144 cm³/mol. The quantitative estimate of drug-likeness (QED) is 0.167. The molecule has 36 heavy (non-hydrogen) atoms. The molecule has 0 unspecified atom stereocenters. The Hall–Kier alpha value is -2.96. The summed E-state index contributed by atoms with van der Waals surface area (Å²) < 4.78 is 29.2. The second kappa shape index (κ2) is 16.7. The molecule has 200 valence electrons. The van der Waals surface area contributed by atoms with Crippen LogP contribution in [0.1, 0.15) is 78.1 Å². The maximum atomic E-state index is 6.20. The van der Waals surface area contributed by atoms with Crippen LogP contribution >= 0.6 is 0 Å². The number of hydrogen-bond acceptors (Lipinski definition) is 6. The van der Waals surface area contributed by atoms with Gasteiger partial charge in [0.15, 0.2) is 11.5 Å². The molecule has 0 bridgehead atoms. The van der Waals surface area contributed by atoms with Gasteiger partial charge in [-0.15, -0.1) is 0 Å². The molecule has 0 saturated heterocycles. The number of unbranched alkanes of at least 4 members (excludes halogenated alkanes) is 8. The lowest BCUT2D eigenvalue weighted by atomic mass is 10.0. The van der Waals surface area contributed by atoms with Gasteiger partial charge >= 0.3 is 0 Å². The Bertz CT molecular complexity index is 870. The minimum absolute atomic E-state index is 0.521. The Morgan fingerprint density at radius 1 is 0.611 bits per heavy atom. The van der Waals surface area contributed by atoms with Crippen molar-refractivity contribution in [2.24, 2.45) is 5.11 Å². The maximum absolute atomic E-state index is 6.20. The minimum Gasteiger partial charge on any atom is -0.496 e. The van der Waals surface area contributed by atoms with Crippen molar-refractivity contribution in [2.75, 3.05) is 34.5 Å². The Kier molecular flexibility index (Phi) is 13.5. The molecule has 0 radical (unpaired) electrons. The third kappa shape index (κ3) is 8.61. The van der Waals surface area contributed by atoms with Gasteiger partial charge in [0.2, 0.25) is 5.69 Å². The van der Waals surface area contributed by atoms with Crippen LogP contribution in [0.5, 0.6) is 28.7 Å². The second-order valence-electron chi connectivity index (χ2n) is 8.88. The molecule has 7 nitrogen and oxygen atoms in total. The Morgan fingerprint density at radius 3 is 1.47 bits per heavy atom. The first-order valence-electron chi connectivity index (χ1n) is 13.3. The summed E-state index contributed by atoms with van der Waals surface area (Å²) in [6.45, 7) is 5.60. The monoisotopic (exact) mass is 501 g/mol. The van der Waals surface area contributed by atoms with E-state index in [9.17, 15) is 0 Å². The molecule has 2 aromatic rings. The zero-order chi connectivity index (χ0) is 26.2. The molecule has 2 rings (SSSR count). The SMILES string of the molecule is CCCCCCCOc1cc(-c2c(OC)cc(OC)cc2OC)cc(OCCCCCCC)c1N=[NH2+]. The summed E-state index contributed by atoms with van der Waals surface area (Å²) in [5, 5.41) is 4.04. The summed E-state index contributed by atoms with van der Waals surface area (Å²) >= 11 is 0. The fourth-order valence-corrected chi connectivity index (χ4v) is 4.14. The van der Waals surface area contributed by atoms with E-state index in [4.69, 9.17) is 29.2 Å². The van der Waals surface area contributed by atoms with Crippen molar-refractivity contribution in [3.05, 3.63) is 24.3 Å². The summed E-state index contributed by atoms with van der Waals surface area (Å²) in [6.07, 6.45) is 11.5. The van der Waals surface area contributed by atoms with Crippen molar-refractivity contribution < 1.29 is 29.2 Å². The fraction of sp³-hybridized carbons (Fsp3) is 0.586. The van der Waals surface area contributed by atoms with Crippen molar-refractivity contribution in [3.8, 4) is 39.9 Å². The Balaban J connectivity index is 2.41. The fourth-order valence-electron chi connectivity index (χ4n) is 4.14. The van der Waals surface area contributed by atoms with Crippen LogP contribution in [0.15, 0.2) is 29.4 Å². The van der Waals surface area contributed by atoms with Gasteiger partial charge in [0.1, 0.15) is 17.2 Å². The van der Waals surface area contributed by atoms with E-state index < -0.39 is 0 Å². The van der Waals surface area contributed by atoms with E-state index in [0.717, 1.165) is 36.8 Å². The third-order valence-corrected chi connectivity index (χ3v) is 6.18. The molecule has 0 aliphatic heterocycles. The number of nitrogens with two attached hydrogens (primary N) is 1. The van der Waals surface area contributed by atoms with Gasteiger partial charge in [0.25, 0.3) is 0 Å². The first kappa shape index (κ1) is 29.3. The highest BCUT2D eigenvalue weighted by Gasteiger charge is 2.21. The van der Waals surface area contributed by atoms with E-state index in [-0.39, 0.29) is 0 Å². The van der Waals surface area contributed by atoms with E-state index >= 15 is 0 Å². The highest BCUT2D eigenvalue weighted by atomic mass is 16.5. The topological polar surface area (TPSA) is 84.1 Å². The zero-order valence-corrected chi connectivity index (χ0v) is 22.9. The number of ether oxygens (including phenoxy) is 5. The van der Waals surface area contributed by atoms with Gasteiger partial charge in [-0.25, -0.2) is 0 Å². The van der Waals surface area contributed by atoms with Crippen LogP contribution < -0.4 is 29.2 Å². The van der Waals surface area contributed by atoms with Crippen LogP contribution in [0.2, 0.25) is 0 Å². The van der Waals surface area contributed by atoms with Gasteiger partial charge in [0, 0.05) is 12.1 Å². The molecule has 2 aromatic carbocycles. The number of benzene rings is 2. The highest BCUT2D eigenvalue weighted by molar-refractivity contribution is 5.82. The molecule has 0 fully saturated rings. The Labute approximate surface area is 216 Å². The number of hydrogen-bond donors (Lipinski definition) is 1. The Morgan fingerprint density at radius 2 is 1.08 bits per heavy atom. The molecule has 0 spiro atoms. The second-order valence-corrected chi connectivity index (χ2v) is 8.88. The molecular weight excluding hydrogens is 456 g/mol. The molecule has 0 amide bonds. The number of nitrogens with zero attached hydrogens (tertiary/aromatic N) is 1. The largest absolute Gasteiger partial charge is 0.496 e. The lowest BCUT2D eigenvalue weighted by Gasteiger charge is -2.18. The summed E-state index contributed by atoms with van der Waals surface area (Å²) in [4.78, 5) is 0. The van der Waals surface area contributed by atoms with Gasteiger partial charge in [-0.2, -0.15) is 5.53 Å². The van der Waals surface area contributed by atoms with Gasteiger partial charge in [0.05, 0.1) is 40.1 Å². The van der Waals surface area contributed by atoms with Gasteiger partial charge in [-0.1, -0.05) is 65.2 Å². The smallest absolute Gasteiger partial charge is 0.213 e. The third-order valence-electron chi connectivity index (χ3n) is 6.18. The maximum Gasteiger partial charge on any atom is 0.213 e. The summed E-state index contributed by atoms with van der Waals surface area (Å²) in [7, 11) is 4.87. The van der Waals surface area contributed by atoms with Gasteiger partial charge in [-0.05, 0) is 35.7 Å². The summed E-state index contributed by atoms with van der Waals surface area (Å²) in [5.74, 6) is 3.07. The van der Waals surface area contributed by atoms with Crippen LogP contribution in [-0.2, 0) is 0 Å². The van der Waals surface area contributed by atoms with Crippen molar-refractivity contribution in [1.29, 1.82) is 0 Å². The molecule has 0 aliphatic carbocycles. The predicted octanol–water partition coefficient (Wildman–Crippen LogP) is 6.92. The first-order chi connectivity index (χ1) is 17.6.